The van der Waals surface area contributed by atoms with Crippen molar-refractivity contribution in [2.45, 2.75) is 19.9 Å². The van der Waals surface area contributed by atoms with E-state index < -0.39 is 6.04 Å². The number of hydrogen-bond donors (Lipinski definition) is 2. The molecule has 2 N–H and O–H groups in total. The van der Waals surface area contributed by atoms with Gasteiger partial charge in [-0.15, -0.1) is 0 Å². The van der Waals surface area contributed by atoms with Crippen molar-refractivity contribution in [3.63, 3.8) is 0 Å². The van der Waals surface area contributed by atoms with Crippen LogP contribution in [0.2, 0.25) is 0 Å². The van der Waals surface area contributed by atoms with Gasteiger partial charge in [0.2, 0.25) is 5.91 Å². The van der Waals surface area contributed by atoms with Crippen LogP contribution in [-0.2, 0) is 14.3 Å². The molecule has 0 unspecified atom stereocenters. The molecule has 0 saturated heterocycles. The van der Waals surface area contributed by atoms with E-state index in [4.69, 9.17) is 4.74 Å². The van der Waals surface area contributed by atoms with Crippen molar-refractivity contribution >= 4 is 29.2 Å². The first kappa shape index (κ1) is 21.1. The Bertz CT molecular complexity index is 823. The zero-order valence-corrected chi connectivity index (χ0v) is 16.3. The first-order chi connectivity index (χ1) is 13.4. The van der Waals surface area contributed by atoms with Crippen LogP contribution < -0.4 is 10.6 Å². The Balaban J connectivity index is 2.03. The third-order valence-corrected chi connectivity index (χ3v) is 4.16. The summed E-state index contributed by atoms with van der Waals surface area (Å²) in [6.07, 6.45) is 0. The van der Waals surface area contributed by atoms with Crippen molar-refractivity contribution in [1.29, 1.82) is 0 Å². The minimum atomic E-state index is -0.553. The van der Waals surface area contributed by atoms with Crippen LogP contribution in [0, 0.1) is 0 Å². The van der Waals surface area contributed by atoms with E-state index in [9.17, 15) is 14.4 Å². The third-order valence-electron chi connectivity index (χ3n) is 4.16. The average Bonchev–Trinajstić information content (AvgIpc) is 2.68. The molecule has 0 heterocycles. The number of nitrogens with zero attached hydrogens (tertiary/aromatic N) is 1. The molecule has 2 amide bonds. The molecule has 2 rings (SSSR count). The van der Waals surface area contributed by atoms with Gasteiger partial charge in [0.25, 0.3) is 5.91 Å². The van der Waals surface area contributed by atoms with Gasteiger partial charge in [-0.3, -0.25) is 19.3 Å². The minimum Gasteiger partial charge on any atom is -0.465 e. The van der Waals surface area contributed by atoms with E-state index in [0.29, 0.717) is 16.9 Å². The van der Waals surface area contributed by atoms with E-state index in [1.54, 1.807) is 62.2 Å². The molecule has 0 aliphatic heterocycles. The van der Waals surface area contributed by atoms with Crippen molar-refractivity contribution in [1.82, 2.24) is 4.90 Å². The fraction of sp³-hybridized carbons (Fsp3) is 0.286. The largest absolute Gasteiger partial charge is 0.465 e. The summed E-state index contributed by atoms with van der Waals surface area (Å²) >= 11 is 0. The van der Waals surface area contributed by atoms with Gasteiger partial charge < -0.3 is 15.4 Å². The lowest BCUT2D eigenvalue weighted by molar-refractivity contribution is -0.148. The highest BCUT2D eigenvalue weighted by atomic mass is 16.5. The molecule has 7 heteroatoms. The van der Waals surface area contributed by atoms with Crippen LogP contribution in [0.3, 0.4) is 0 Å². The number of hydrogen-bond acceptors (Lipinski definition) is 5. The van der Waals surface area contributed by atoms with Crippen LogP contribution in [0.4, 0.5) is 11.4 Å². The molecule has 28 heavy (non-hydrogen) atoms. The zero-order valence-electron chi connectivity index (χ0n) is 16.3. The second-order valence-corrected chi connectivity index (χ2v) is 6.26. The SMILES string of the molecule is CCOC(=O)[C@@H](C)N(C)CC(=O)Nc1ccccc1C(=O)Nc1ccccc1. The van der Waals surface area contributed by atoms with Gasteiger partial charge in [-0.2, -0.15) is 0 Å². The van der Waals surface area contributed by atoms with Crippen LogP contribution >= 0.6 is 0 Å². The molecular formula is C21H25N3O4. The summed E-state index contributed by atoms with van der Waals surface area (Å²) in [4.78, 5) is 38.4. The Kier molecular flexibility index (Phi) is 7.71. The zero-order chi connectivity index (χ0) is 20.5. The maximum Gasteiger partial charge on any atom is 0.323 e. The summed E-state index contributed by atoms with van der Waals surface area (Å²) in [7, 11) is 1.66. The Morgan fingerprint density at radius 3 is 2.32 bits per heavy atom. The van der Waals surface area contributed by atoms with E-state index in [1.807, 2.05) is 18.2 Å². The van der Waals surface area contributed by atoms with Gasteiger partial charge in [0.15, 0.2) is 0 Å². The normalized spacial score (nSPS) is 11.6. The van der Waals surface area contributed by atoms with Crippen molar-refractivity contribution in [2.75, 3.05) is 30.8 Å². The highest BCUT2D eigenvalue weighted by Crippen LogP contribution is 2.17. The Hall–Kier alpha value is -3.19. The van der Waals surface area contributed by atoms with Gasteiger partial charge in [0.05, 0.1) is 24.4 Å². The molecule has 2 aromatic carbocycles. The molecule has 0 aliphatic rings. The number of carbonyl (C=O) groups is 3. The first-order valence-corrected chi connectivity index (χ1v) is 9.04. The van der Waals surface area contributed by atoms with E-state index in [-0.39, 0.29) is 30.9 Å². The Morgan fingerprint density at radius 2 is 1.64 bits per heavy atom. The molecule has 0 radical (unpaired) electrons. The summed E-state index contributed by atoms with van der Waals surface area (Å²) < 4.78 is 4.97. The molecule has 0 fully saturated rings. The van der Waals surface area contributed by atoms with Gasteiger partial charge in [-0.25, -0.2) is 0 Å². The van der Waals surface area contributed by atoms with Crippen LogP contribution in [0.15, 0.2) is 54.6 Å². The number of benzene rings is 2. The van der Waals surface area contributed by atoms with E-state index in [0.717, 1.165) is 0 Å². The molecule has 2 aromatic rings. The average molecular weight is 383 g/mol. The fourth-order valence-corrected chi connectivity index (χ4v) is 2.51. The van der Waals surface area contributed by atoms with Crippen molar-refractivity contribution in [2.24, 2.45) is 0 Å². The highest BCUT2D eigenvalue weighted by Gasteiger charge is 2.22. The molecule has 0 bridgehead atoms. The predicted octanol–water partition coefficient (Wildman–Crippen LogP) is 2.76. The van der Waals surface area contributed by atoms with Crippen molar-refractivity contribution in [3.05, 3.63) is 60.2 Å². The number of carbonyl (C=O) groups excluding carboxylic acids is 3. The lowest BCUT2D eigenvalue weighted by Gasteiger charge is -2.22. The number of esters is 1. The summed E-state index contributed by atoms with van der Waals surface area (Å²) in [6.45, 7) is 3.67. The van der Waals surface area contributed by atoms with Gasteiger partial charge in [0, 0.05) is 5.69 Å². The van der Waals surface area contributed by atoms with Crippen LogP contribution in [-0.4, -0.2) is 48.9 Å². The van der Waals surface area contributed by atoms with E-state index in [1.165, 1.54) is 0 Å². The molecular weight excluding hydrogens is 358 g/mol. The second-order valence-electron chi connectivity index (χ2n) is 6.26. The predicted molar refractivity (Wildman–Crippen MR) is 108 cm³/mol. The fourth-order valence-electron chi connectivity index (χ4n) is 2.51. The summed E-state index contributed by atoms with van der Waals surface area (Å²) in [5.74, 6) is -1.05. The lowest BCUT2D eigenvalue weighted by atomic mass is 10.1. The maximum atomic E-state index is 12.6. The first-order valence-electron chi connectivity index (χ1n) is 9.04. The van der Waals surface area contributed by atoms with Gasteiger partial charge >= 0.3 is 5.97 Å². The van der Waals surface area contributed by atoms with Crippen LogP contribution in [0.25, 0.3) is 0 Å². The molecule has 0 spiro atoms. The quantitative estimate of drug-likeness (QED) is 0.685. The number of nitrogens with one attached hydrogen (secondary N) is 2. The maximum absolute atomic E-state index is 12.6. The minimum absolute atomic E-state index is 0.0192. The van der Waals surface area contributed by atoms with Gasteiger partial charge in [-0.1, -0.05) is 30.3 Å². The number of anilines is 2. The molecule has 1 atom stereocenters. The molecule has 7 nitrogen and oxygen atoms in total. The number of amides is 2. The summed E-state index contributed by atoms with van der Waals surface area (Å²) in [6, 6.07) is 15.3. The van der Waals surface area contributed by atoms with Gasteiger partial charge in [0.1, 0.15) is 6.04 Å². The molecule has 0 aromatic heterocycles. The number of para-hydroxylation sites is 2. The smallest absolute Gasteiger partial charge is 0.323 e. The van der Waals surface area contributed by atoms with Crippen LogP contribution in [0.1, 0.15) is 24.2 Å². The Morgan fingerprint density at radius 1 is 1.00 bits per heavy atom. The lowest BCUT2D eigenvalue weighted by Crippen LogP contribution is -2.41. The topological polar surface area (TPSA) is 87.7 Å². The van der Waals surface area contributed by atoms with Crippen molar-refractivity contribution in [3.8, 4) is 0 Å². The summed E-state index contributed by atoms with van der Waals surface area (Å²) in [5.41, 5.74) is 1.41. The molecule has 148 valence electrons. The second kappa shape index (κ2) is 10.2. The van der Waals surface area contributed by atoms with E-state index >= 15 is 0 Å². The highest BCUT2D eigenvalue weighted by molar-refractivity contribution is 6.10. The van der Waals surface area contributed by atoms with Crippen molar-refractivity contribution < 1.29 is 19.1 Å². The molecule has 0 aliphatic carbocycles. The van der Waals surface area contributed by atoms with E-state index in [2.05, 4.69) is 10.6 Å². The third kappa shape index (κ3) is 5.92. The van der Waals surface area contributed by atoms with Crippen LogP contribution in [0.5, 0.6) is 0 Å². The van der Waals surface area contributed by atoms with Gasteiger partial charge in [-0.05, 0) is 45.2 Å². The molecule has 0 saturated carbocycles. The standard InChI is InChI=1S/C21H25N3O4/c1-4-28-21(27)15(2)24(3)14-19(25)23-18-13-9-8-12-17(18)20(26)22-16-10-6-5-7-11-16/h5-13,15H,4,14H2,1-3H3,(H,22,26)(H,23,25)/t15-/m1/s1. The Labute approximate surface area is 164 Å². The number of ether oxygens (including phenoxy) is 1. The monoisotopic (exact) mass is 383 g/mol. The number of rotatable bonds is 8. The summed E-state index contributed by atoms with van der Waals surface area (Å²) in [5, 5.41) is 5.54. The number of likely N-dealkylation sites (N-methyl/N-ethyl adjacent to an activating group) is 1.